The van der Waals surface area contributed by atoms with Gasteiger partial charge in [-0.15, -0.1) is 13.2 Å². The third-order valence-corrected chi connectivity index (χ3v) is 7.67. The minimum atomic E-state index is -5.07. The van der Waals surface area contributed by atoms with Gasteiger partial charge in [-0.25, -0.2) is 12.8 Å². The van der Waals surface area contributed by atoms with Crippen molar-refractivity contribution in [2.24, 2.45) is 0 Å². The van der Waals surface area contributed by atoms with Gasteiger partial charge in [0.05, 0.1) is 11.4 Å². The molecule has 1 N–H and O–H groups in total. The zero-order valence-electron chi connectivity index (χ0n) is 18.9. The smallest absolute Gasteiger partial charge is 0.404 e. The Bertz CT molecular complexity index is 1200. The minimum Gasteiger partial charge on any atom is -0.404 e. The number of benzene rings is 2. The number of sulfonamides is 1. The topological polar surface area (TPSA) is 79.0 Å². The molecule has 192 valence electrons. The predicted molar refractivity (Wildman–Crippen MR) is 123 cm³/mol. The van der Waals surface area contributed by atoms with E-state index in [0.717, 1.165) is 30.5 Å². The lowest BCUT2D eigenvalue weighted by Crippen LogP contribution is -2.52. The number of nitrogens with one attached hydrogen (secondary N) is 1. The van der Waals surface area contributed by atoms with Gasteiger partial charge in [0.15, 0.2) is 5.75 Å². The maximum atomic E-state index is 13.3. The Morgan fingerprint density at radius 1 is 1.09 bits per heavy atom. The first-order chi connectivity index (χ1) is 16.4. The Morgan fingerprint density at radius 2 is 1.71 bits per heavy atom. The Balaban J connectivity index is 0.00000361. The number of anilines is 1. The van der Waals surface area contributed by atoms with E-state index in [1.165, 1.54) is 25.1 Å². The number of ether oxygens (including phenoxy) is 1. The van der Waals surface area contributed by atoms with E-state index in [4.69, 9.17) is 0 Å². The van der Waals surface area contributed by atoms with Crippen molar-refractivity contribution >= 4 is 21.6 Å². The number of hydrogen-bond acceptors (Lipinski definition) is 5. The number of piperazine rings is 1. The van der Waals surface area contributed by atoms with Crippen molar-refractivity contribution in [3.63, 3.8) is 0 Å². The second-order valence-corrected chi connectivity index (χ2v) is 10.6. The summed E-state index contributed by atoms with van der Waals surface area (Å²) in [5.41, 5.74) is 0.407. The van der Waals surface area contributed by atoms with Crippen molar-refractivity contribution in [2.45, 2.75) is 31.7 Å². The van der Waals surface area contributed by atoms with Gasteiger partial charge < -0.3 is 9.64 Å². The van der Waals surface area contributed by atoms with Gasteiger partial charge in [0.2, 0.25) is 10.0 Å². The van der Waals surface area contributed by atoms with Crippen molar-refractivity contribution in [3.05, 3.63) is 59.4 Å². The van der Waals surface area contributed by atoms with Crippen LogP contribution >= 0.6 is 0 Å². The molecule has 0 radical (unpaired) electrons. The largest absolute Gasteiger partial charge is 0.573 e. The molecule has 2 aliphatic rings. The number of amides is 1. The number of carbonyl (C=O) groups excluding carboxylic acids is 1. The fourth-order valence-electron chi connectivity index (χ4n) is 4.37. The van der Waals surface area contributed by atoms with Crippen molar-refractivity contribution in [1.29, 1.82) is 0 Å². The average Bonchev–Trinajstić information content (AvgIpc) is 3.61. The van der Waals surface area contributed by atoms with E-state index in [9.17, 15) is 30.8 Å². The third-order valence-electron chi connectivity index (χ3n) is 6.38. The second kappa shape index (κ2) is 9.30. The van der Waals surface area contributed by atoms with Crippen LogP contribution in [-0.4, -0.2) is 62.4 Å². The van der Waals surface area contributed by atoms with Gasteiger partial charge in [-0.1, -0.05) is 12.1 Å². The highest BCUT2D eigenvalue weighted by Gasteiger charge is 2.50. The summed E-state index contributed by atoms with van der Waals surface area (Å²) in [4.78, 5) is 16.8. The summed E-state index contributed by atoms with van der Waals surface area (Å²) in [6, 6.07) is 9.67. The van der Waals surface area contributed by atoms with Crippen LogP contribution in [0.3, 0.4) is 0 Å². The zero-order chi connectivity index (χ0) is 25.4. The van der Waals surface area contributed by atoms with Crippen LogP contribution in [0, 0.1) is 5.82 Å². The molecule has 0 spiro atoms. The van der Waals surface area contributed by atoms with Crippen LogP contribution in [0.5, 0.6) is 5.75 Å². The minimum absolute atomic E-state index is 0. The molecule has 2 aromatic rings. The predicted octanol–water partition coefficient (Wildman–Crippen LogP) is 4.18. The Labute approximate surface area is 202 Å². The van der Waals surface area contributed by atoms with E-state index in [1.807, 2.05) is 4.72 Å². The highest BCUT2D eigenvalue weighted by molar-refractivity contribution is 7.92. The number of nitrogens with zero attached hydrogens (tertiary/aromatic N) is 2. The Kier molecular flexibility index (Phi) is 6.71. The van der Waals surface area contributed by atoms with Gasteiger partial charge in [0.1, 0.15) is 5.82 Å². The molecule has 2 aromatic carbocycles. The first-order valence-electron chi connectivity index (χ1n) is 11.1. The molecule has 1 saturated carbocycles. The number of carbonyl (C=O) groups is 1. The molecule has 0 aromatic heterocycles. The summed E-state index contributed by atoms with van der Waals surface area (Å²) in [5, 5.41) is 0. The lowest BCUT2D eigenvalue weighted by Gasteiger charge is -2.40. The van der Waals surface area contributed by atoms with E-state index in [1.54, 1.807) is 17.0 Å². The Hall–Kier alpha value is -2.86. The number of rotatable bonds is 7. The molecule has 1 aliphatic carbocycles. The van der Waals surface area contributed by atoms with Crippen LogP contribution in [0.25, 0.3) is 0 Å². The standard InChI is InChI=1S/C23H25F4N3O4S.H2/c1-2-35(32,33)28-19-8-3-16(15-20(19)34-23(25,26)27)21(31)29-11-13-30(14-12-29)22(9-10-22)17-4-6-18(24)7-5-17;/h3-8,15,28H,2,9-14H2,1H3;1H. The fraction of sp³-hybridized carbons (Fsp3) is 0.435. The van der Waals surface area contributed by atoms with Gasteiger partial charge in [-0.2, -0.15) is 0 Å². The third kappa shape index (κ3) is 5.69. The van der Waals surface area contributed by atoms with E-state index in [2.05, 4.69) is 9.64 Å². The summed E-state index contributed by atoms with van der Waals surface area (Å²) in [5.74, 6) is -1.93. The molecule has 1 amide bonds. The van der Waals surface area contributed by atoms with Crippen LogP contribution in [0.4, 0.5) is 23.2 Å². The first-order valence-corrected chi connectivity index (χ1v) is 12.8. The molecule has 1 aliphatic heterocycles. The van der Waals surface area contributed by atoms with Crippen molar-refractivity contribution < 1.29 is 36.9 Å². The maximum Gasteiger partial charge on any atom is 0.573 e. The molecule has 0 unspecified atom stereocenters. The van der Waals surface area contributed by atoms with Gasteiger partial charge in [0, 0.05) is 38.7 Å². The fourth-order valence-corrected chi connectivity index (χ4v) is 5.02. The van der Waals surface area contributed by atoms with E-state index < -0.39 is 33.7 Å². The molecule has 2 fully saturated rings. The van der Waals surface area contributed by atoms with Crippen LogP contribution in [0.15, 0.2) is 42.5 Å². The molecular weight excluding hydrogens is 490 g/mol. The second-order valence-electron chi connectivity index (χ2n) is 8.58. The molecule has 35 heavy (non-hydrogen) atoms. The first kappa shape index (κ1) is 25.2. The molecular formula is C23H27F4N3O4S. The molecule has 4 rings (SSSR count). The van der Waals surface area contributed by atoms with Crippen LogP contribution in [-0.2, 0) is 15.6 Å². The van der Waals surface area contributed by atoms with Crippen LogP contribution < -0.4 is 9.46 Å². The summed E-state index contributed by atoms with van der Waals surface area (Å²) >= 11 is 0. The lowest BCUT2D eigenvalue weighted by atomic mass is 10.0. The van der Waals surface area contributed by atoms with Gasteiger partial charge in [0.25, 0.3) is 5.91 Å². The van der Waals surface area contributed by atoms with Crippen LogP contribution in [0.2, 0.25) is 0 Å². The van der Waals surface area contributed by atoms with E-state index in [-0.39, 0.29) is 24.1 Å². The van der Waals surface area contributed by atoms with Crippen LogP contribution in [0.1, 0.15) is 37.1 Å². The number of hydrogen-bond donors (Lipinski definition) is 1. The SMILES string of the molecule is CCS(=O)(=O)Nc1ccc(C(=O)N2CCN(C3(c4ccc(F)cc4)CC3)CC2)cc1OC(F)(F)F.[HH]. The van der Waals surface area contributed by atoms with Gasteiger partial charge in [-0.3, -0.25) is 14.4 Å². The molecule has 1 saturated heterocycles. The Morgan fingerprint density at radius 3 is 2.26 bits per heavy atom. The highest BCUT2D eigenvalue weighted by Crippen LogP contribution is 2.51. The molecule has 0 atom stereocenters. The van der Waals surface area contributed by atoms with Gasteiger partial charge >= 0.3 is 6.36 Å². The molecule has 0 bridgehead atoms. The van der Waals surface area contributed by atoms with Gasteiger partial charge in [-0.05, 0) is 55.7 Å². The van der Waals surface area contributed by atoms with E-state index in [0.29, 0.717) is 26.2 Å². The quantitative estimate of drug-likeness (QED) is 0.558. The van der Waals surface area contributed by atoms with E-state index >= 15 is 0 Å². The van der Waals surface area contributed by atoms with Crippen molar-refractivity contribution in [3.8, 4) is 5.75 Å². The maximum absolute atomic E-state index is 13.3. The summed E-state index contributed by atoms with van der Waals surface area (Å²) in [7, 11) is -3.86. The summed E-state index contributed by atoms with van der Waals surface area (Å²) in [6.07, 6.45) is -3.21. The molecule has 1 heterocycles. The normalized spacial score (nSPS) is 18.3. The number of halogens is 4. The summed E-state index contributed by atoms with van der Waals surface area (Å²) in [6.45, 7) is 3.18. The van der Waals surface area contributed by atoms with Crippen molar-refractivity contribution in [1.82, 2.24) is 9.80 Å². The average molecular weight is 518 g/mol. The zero-order valence-corrected chi connectivity index (χ0v) is 19.8. The van der Waals surface area contributed by atoms with Crippen molar-refractivity contribution in [2.75, 3.05) is 36.7 Å². The molecule has 7 nitrogen and oxygen atoms in total. The number of alkyl halides is 3. The molecule has 12 heteroatoms. The summed E-state index contributed by atoms with van der Waals surface area (Å²) < 4.78 is 81.8. The monoisotopic (exact) mass is 517 g/mol. The highest BCUT2D eigenvalue weighted by atomic mass is 32.2. The lowest BCUT2D eigenvalue weighted by molar-refractivity contribution is -0.274.